The standard InChI is InChI=1S/C18H14ClN3O2S/c19-13-6-8-14(9-7-13)20-16(23)10-17(24)22-18-21-15(11-25-18)12-4-2-1-3-5-12/h1-9,11H,10H2,(H,20,23)(H,21,22,24). The van der Waals surface area contributed by atoms with E-state index in [9.17, 15) is 9.59 Å². The van der Waals surface area contributed by atoms with Crippen LogP contribution in [0.25, 0.3) is 11.3 Å². The van der Waals surface area contributed by atoms with E-state index in [1.54, 1.807) is 24.3 Å². The Bertz CT molecular complexity index is 879. The third-order valence-corrected chi connectivity index (χ3v) is 4.28. The number of benzene rings is 2. The largest absolute Gasteiger partial charge is 0.326 e. The zero-order valence-electron chi connectivity index (χ0n) is 13.0. The molecule has 0 aliphatic rings. The number of hydrogen-bond donors (Lipinski definition) is 2. The molecule has 0 radical (unpaired) electrons. The number of rotatable bonds is 5. The number of nitrogens with one attached hydrogen (secondary N) is 2. The monoisotopic (exact) mass is 371 g/mol. The molecule has 25 heavy (non-hydrogen) atoms. The summed E-state index contributed by atoms with van der Waals surface area (Å²) in [6.45, 7) is 0. The normalized spacial score (nSPS) is 10.3. The van der Waals surface area contributed by atoms with E-state index < -0.39 is 11.8 Å². The summed E-state index contributed by atoms with van der Waals surface area (Å²) in [5.41, 5.74) is 2.34. The van der Waals surface area contributed by atoms with Crippen molar-refractivity contribution in [1.82, 2.24) is 4.98 Å². The van der Waals surface area contributed by atoms with E-state index in [1.165, 1.54) is 11.3 Å². The highest BCUT2D eigenvalue weighted by molar-refractivity contribution is 7.14. The summed E-state index contributed by atoms with van der Waals surface area (Å²) < 4.78 is 0. The van der Waals surface area contributed by atoms with Crippen LogP contribution in [0.1, 0.15) is 6.42 Å². The highest BCUT2D eigenvalue weighted by atomic mass is 35.5. The van der Waals surface area contributed by atoms with Gasteiger partial charge < -0.3 is 10.6 Å². The second-order valence-corrected chi connectivity index (χ2v) is 6.48. The molecular weight excluding hydrogens is 358 g/mol. The highest BCUT2D eigenvalue weighted by Gasteiger charge is 2.12. The topological polar surface area (TPSA) is 71.1 Å². The van der Waals surface area contributed by atoms with Gasteiger partial charge in [-0.2, -0.15) is 0 Å². The Hall–Kier alpha value is -2.70. The Balaban J connectivity index is 1.55. The molecule has 0 saturated heterocycles. The molecule has 0 bridgehead atoms. The van der Waals surface area contributed by atoms with Crippen molar-refractivity contribution in [1.29, 1.82) is 0 Å². The quantitative estimate of drug-likeness (QED) is 0.652. The predicted octanol–water partition coefficient (Wildman–Crippen LogP) is 4.43. The summed E-state index contributed by atoms with van der Waals surface area (Å²) in [6.07, 6.45) is -0.289. The van der Waals surface area contributed by atoms with Gasteiger partial charge in [0.1, 0.15) is 6.42 Å². The van der Waals surface area contributed by atoms with Crippen LogP contribution >= 0.6 is 22.9 Å². The molecule has 3 aromatic rings. The molecule has 2 aromatic carbocycles. The van der Waals surface area contributed by atoms with E-state index in [4.69, 9.17) is 11.6 Å². The van der Waals surface area contributed by atoms with Gasteiger partial charge in [-0.15, -0.1) is 11.3 Å². The molecule has 3 rings (SSSR count). The Kier molecular flexibility index (Phi) is 5.42. The van der Waals surface area contributed by atoms with Crippen LogP contribution in [0, 0.1) is 0 Å². The molecular formula is C18H14ClN3O2S. The predicted molar refractivity (Wildman–Crippen MR) is 101 cm³/mol. The molecule has 0 saturated carbocycles. The van der Waals surface area contributed by atoms with Crippen molar-refractivity contribution in [3.05, 3.63) is 65.0 Å². The van der Waals surface area contributed by atoms with E-state index in [0.29, 0.717) is 15.8 Å². The fraction of sp³-hybridized carbons (Fsp3) is 0.0556. The van der Waals surface area contributed by atoms with Crippen LogP contribution in [0.15, 0.2) is 60.0 Å². The lowest BCUT2D eigenvalue weighted by Gasteiger charge is -2.05. The lowest BCUT2D eigenvalue weighted by molar-refractivity contribution is -0.123. The second-order valence-electron chi connectivity index (χ2n) is 5.18. The van der Waals surface area contributed by atoms with Gasteiger partial charge in [0.25, 0.3) is 0 Å². The van der Waals surface area contributed by atoms with Crippen LogP contribution in [0.3, 0.4) is 0 Å². The number of thiazole rings is 1. The third-order valence-electron chi connectivity index (χ3n) is 3.27. The molecule has 2 N–H and O–H groups in total. The van der Waals surface area contributed by atoms with Crippen molar-refractivity contribution < 1.29 is 9.59 Å². The number of aromatic nitrogens is 1. The number of carbonyl (C=O) groups excluding carboxylic acids is 2. The number of amides is 2. The summed E-state index contributed by atoms with van der Waals surface area (Å²) in [5, 5.41) is 8.18. The average Bonchev–Trinajstić information content (AvgIpc) is 3.06. The minimum absolute atomic E-state index is 0.289. The van der Waals surface area contributed by atoms with Crippen molar-refractivity contribution in [3.8, 4) is 11.3 Å². The minimum Gasteiger partial charge on any atom is -0.326 e. The number of hydrogen-bond acceptors (Lipinski definition) is 4. The molecule has 0 aliphatic heterocycles. The summed E-state index contributed by atoms with van der Waals surface area (Å²) >= 11 is 7.10. The van der Waals surface area contributed by atoms with Crippen LogP contribution < -0.4 is 10.6 Å². The van der Waals surface area contributed by atoms with E-state index in [-0.39, 0.29) is 6.42 Å². The van der Waals surface area contributed by atoms with Crippen LogP contribution in [-0.2, 0) is 9.59 Å². The number of nitrogens with zero attached hydrogens (tertiary/aromatic N) is 1. The number of halogens is 1. The first-order valence-corrected chi connectivity index (χ1v) is 8.72. The zero-order valence-corrected chi connectivity index (χ0v) is 14.6. The maximum absolute atomic E-state index is 12.0. The van der Waals surface area contributed by atoms with Crippen LogP contribution in [0.2, 0.25) is 5.02 Å². The smallest absolute Gasteiger partial charge is 0.235 e. The number of anilines is 2. The Morgan fingerprint density at radius 2 is 1.64 bits per heavy atom. The third kappa shape index (κ3) is 4.89. The molecule has 0 spiro atoms. The van der Waals surface area contributed by atoms with Gasteiger partial charge in [0.05, 0.1) is 5.69 Å². The molecule has 2 amide bonds. The molecule has 1 aromatic heterocycles. The zero-order chi connectivity index (χ0) is 17.6. The van der Waals surface area contributed by atoms with Gasteiger partial charge in [-0.1, -0.05) is 41.9 Å². The fourth-order valence-electron chi connectivity index (χ4n) is 2.12. The van der Waals surface area contributed by atoms with Gasteiger partial charge in [-0.3, -0.25) is 9.59 Å². The van der Waals surface area contributed by atoms with E-state index in [2.05, 4.69) is 15.6 Å². The summed E-state index contributed by atoms with van der Waals surface area (Å²) in [5.74, 6) is -0.819. The number of carbonyl (C=O) groups is 2. The Morgan fingerprint density at radius 1 is 0.960 bits per heavy atom. The van der Waals surface area contributed by atoms with Crippen LogP contribution in [-0.4, -0.2) is 16.8 Å². The van der Waals surface area contributed by atoms with Gasteiger partial charge in [0.15, 0.2) is 5.13 Å². The molecule has 0 atom stereocenters. The summed E-state index contributed by atoms with van der Waals surface area (Å²) in [6, 6.07) is 16.3. The van der Waals surface area contributed by atoms with Crippen LogP contribution in [0.4, 0.5) is 10.8 Å². The molecule has 1 heterocycles. The minimum atomic E-state index is -0.416. The highest BCUT2D eigenvalue weighted by Crippen LogP contribution is 2.24. The molecule has 126 valence electrons. The first-order valence-electron chi connectivity index (χ1n) is 7.46. The van der Waals surface area contributed by atoms with Crippen molar-refractivity contribution in [2.45, 2.75) is 6.42 Å². The van der Waals surface area contributed by atoms with Gasteiger partial charge >= 0.3 is 0 Å². The Morgan fingerprint density at radius 3 is 2.36 bits per heavy atom. The molecule has 5 nitrogen and oxygen atoms in total. The SMILES string of the molecule is O=C(CC(=O)Nc1nc(-c2ccccc2)cs1)Nc1ccc(Cl)cc1. The Labute approximate surface area is 153 Å². The first-order chi connectivity index (χ1) is 12.1. The van der Waals surface area contributed by atoms with Gasteiger partial charge in [-0.25, -0.2) is 4.98 Å². The second kappa shape index (κ2) is 7.92. The lowest BCUT2D eigenvalue weighted by Crippen LogP contribution is -2.21. The van der Waals surface area contributed by atoms with E-state index in [1.807, 2.05) is 35.7 Å². The first kappa shape index (κ1) is 17.1. The van der Waals surface area contributed by atoms with E-state index >= 15 is 0 Å². The lowest BCUT2D eigenvalue weighted by atomic mass is 10.2. The average molecular weight is 372 g/mol. The van der Waals surface area contributed by atoms with Crippen molar-refractivity contribution >= 4 is 45.6 Å². The van der Waals surface area contributed by atoms with Crippen molar-refractivity contribution in [2.75, 3.05) is 10.6 Å². The fourth-order valence-corrected chi connectivity index (χ4v) is 2.98. The summed E-state index contributed by atoms with van der Waals surface area (Å²) in [7, 11) is 0. The van der Waals surface area contributed by atoms with Crippen molar-refractivity contribution in [3.63, 3.8) is 0 Å². The maximum atomic E-state index is 12.0. The van der Waals surface area contributed by atoms with Crippen LogP contribution in [0.5, 0.6) is 0 Å². The van der Waals surface area contributed by atoms with E-state index in [0.717, 1.165) is 11.3 Å². The maximum Gasteiger partial charge on any atom is 0.235 e. The van der Waals surface area contributed by atoms with Gasteiger partial charge in [0, 0.05) is 21.7 Å². The van der Waals surface area contributed by atoms with Crippen molar-refractivity contribution in [2.24, 2.45) is 0 Å². The molecule has 0 aliphatic carbocycles. The molecule has 0 fully saturated rings. The van der Waals surface area contributed by atoms with Gasteiger partial charge in [-0.05, 0) is 24.3 Å². The molecule has 0 unspecified atom stereocenters. The van der Waals surface area contributed by atoms with Gasteiger partial charge in [0.2, 0.25) is 11.8 Å². The molecule has 7 heteroatoms. The summed E-state index contributed by atoms with van der Waals surface area (Å²) in [4.78, 5) is 28.3.